The molecule has 4 aliphatic rings. The summed E-state index contributed by atoms with van der Waals surface area (Å²) < 4.78 is 41.9. The Balaban J connectivity index is 1.24. The van der Waals surface area contributed by atoms with Gasteiger partial charge in [0.15, 0.2) is 0 Å². The maximum absolute atomic E-state index is 14.4. The topological polar surface area (TPSA) is 216 Å². The van der Waals surface area contributed by atoms with E-state index in [1.54, 1.807) is 26.8 Å². The summed E-state index contributed by atoms with van der Waals surface area (Å²) in [5, 5.41) is 14.5. The van der Waals surface area contributed by atoms with Crippen LogP contribution in [0, 0.1) is 17.2 Å². The minimum Gasteiger partial charge on any atom is -0.444 e. The van der Waals surface area contributed by atoms with Crippen LogP contribution in [0.4, 0.5) is 15.3 Å². The number of anilines is 1. The molecule has 5 atom stereocenters. The lowest BCUT2D eigenvalue weighted by atomic mass is 10.0. The predicted octanol–water partition coefficient (Wildman–Crippen LogP) is 3.74. The second-order valence-corrected chi connectivity index (χ2v) is 17.0. The first-order valence-corrected chi connectivity index (χ1v) is 20.2. The third-order valence-electron chi connectivity index (χ3n) is 10.2. The van der Waals surface area contributed by atoms with Crippen molar-refractivity contribution in [3.05, 3.63) is 77.4 Å². The van der Waals surface area contributed by atoms with Gasteiger partial charge in [0.25, 0.3) is 5.91 Å². The minimum absolute atomic E-state index is 0.0882. The van der Waals surface area contributed by atoms with E-state index in [0.29, 0.717) is 37.9 Å². The summed E-state index contributed by atoms with van der Waals surface area (Å²) in [6.45, 7) is 5.60. The Morgan fingerprint density at radius 1 is 1.00 bits per heavy atom. The number of rotatable bonds is 6. The molecule has 1 saturated carbocycles. The van der Waals surface area contributed by atoms with E-state index < -0.39 is 75.4 Å². The van der Waals surface area contributed by atoms with Gasteiger partial charge in [-0.25, -0.2) is 14.3 Å². The van der Waals surface area contributed by atoms with Crippen LogP contribution in [0.2, 0.25) is 0 Å². The van der Waals surface area contributed by atoms with Crippen LogP contribution in [-0.2, 0) is 47.2 Å². The van der Waals surface area contributed by atoms with Gasteiger partial charge in [0.05, 0.1) is 23.9 Å². The zero-order valence-electron chi connectivity index (χ0n) is 31.6. The summed E-state index contributed by atoms with van der Waals surface area (Å²) in [6.07, 6.45) is 4.19. The van der Waals surface area contributed by atoms with Gasteiger partial charge in [-0.15, -0.1) is 0 Å². The van der Waals surface area contributed by atoms with Crippen LogP contribution in [0.1, 0.15) is 82.4 Å². The first kappa shape index (κ1) is 40.0. The molecule has 0 spiro atoms. The number of carbonyl (C=O) groups is 5. The van der Waals surface area contributed by atoms with Gasteiger partial charge >= 0.3 is 22.4 Å². The molecule has 298 valence electrons. The van der Waals surface area contributed by atoms with Crippen molar-refractivity contribution in [1.82, 2.24) is 25.2 Å². The molecule has 0 unspecified atom stereocenters. The number of ether oxygens (including phenoxy) is 2. The molecular formula is C39H47N7O9S. The SMILES string of the molecule is CC(C)(C)OC(=O)N[C@H]1CCCCCC=C[C@@H]2C[C@@]2(C(=O)NS(=O)(=O)Nc2ccc(C#N)cc2)NC(=O)[C@@H]2C[C@@H](OC(=O)N3Cc4ccccc4C3)CN2C1=O. The van der Waals surface area contributed by atoms with Crippen LogP contribution < -0.4 is 20.1 Å². The summed E-state index contributed by atoms with van der Waals surface area (Å²) in [6, 6.07) is 12.8. The number of hydrogen-bond donors (Lipinski definition) is 4. The molecule has 6 rings (SSSR count). The van der Waals surface area contributed by atoms with Crippen LogP contribution in [0.15, 0.2) is 60.7 Å². The van der Waals surface area contributed by atoms with E-state index in [1.807, 2.05) is 41.1 Å². The van der Waals surface area contributed by atoms with Gasteiger partial charge in [-0.05, 0) is 81.8 Å². The maximum atomic E-state index is 14.4. The molecule has 1 saturated heterocycles. The van der Waals surface area contributed by atoms with Gasteiger partial charge in [-0.3, -0.25) is 24.0 Å². The molecule has 3 aliphatic heterocycles. The molecule has 17 heteroatoms. The monoisotopic (exact) mass is 789 g/mol. The van der Waals surface area contributed by atoms with Crippen molar-refractivity contribution in [2.75, 3.05) is 11.3 Å². The molecule has 16 nitrogen and oxygen atoms in total. The highest BCUT2D eigenvalue weighted by Crippen LogP contribution is 2.46. The molecule has 56 heavy (non-hydrogen) atoms. The molecular weight excluding hydrogens is 743 g/mol. The average molecular weight is 790 g/mol. The van der Waals surface area contributed by atoms with Gasteiger partial charge in [0, 0.05) is 25.4 Å². The van der Waals surface area contributed by atoms with Crippen molar-refractivity contribution in [3.8, 4) is 6.07 Å². The largest absolute Gasteiger partial charge is 0.444 e. The average Bonchev–Trinajstić information content (AvgIpc) is 3.43. The number of allylic oxidation sites excluding steroid dienone is 1. The van der Waals surface area contributed by atoms with Gasteiger partial charge in [0.2, 0.25) is 11.8 Å². The van der Waals surface area contributed by atoms with E-state index >= 15 is 0 Å². The second kappa shape index (κ2) is 16.2. The fourth-order valence-corrected chi connectivity index (χ4v) is 8.22. The molecule has 4 N–H and O–H groups in total. The van der Waals surface area contributed by atoms with Crippen molar-refractivity contribution in [1.29, 1.82) is 5.26 Å². The van der Waals surface area contributed by atoms with Gasteiger partial charge in [-0.2, -0.15) is 13.7 Å². The smallest absolute Gasteiger partial charge is 0.410 e. The first-order valence-electron chi connectivity index (χ1n) is 18.7. The Hall–Kier alpha value is -5.63. The lowest BCUT2D eigenvalue weighted by Crippen LogP contribution is -2.58. The van der Waals surface area contributed by atoms with E-state index in [1.165, 1.54) is 34.1 Å². The molecule has 0 bridgehead atoms. The fourth-order valence-electron chi connectivity index (χ4n) is 7.30. The molecule has 2 aromatic rings. The number of hydrogen-bond acceptors (Lipinski definition) is 10. The highest BCUT2D eigenvalue weighted by atomic mass is 32.2. The Kier molecular flexibility index (Phi) is 11.6. The lowest BCUT2D eigenvalue weighted by molar-refractivity contribution is -0.141. The summed E-state index contributed by atoms with van der Waals surface area (Å²) in [5.74, 6) is -2.88. The molecule has 2 aromatic carbocycles. The van der Waals surface area contributed by atoms with Gasteiger partial charge < -0.3 is 25.0 Å². The summed E-state index contributed by atoms with van der Waals surface area (Å²) in [7, 11) is -4.49. The maximum Gasteiger partial charge on any atom is 0.410 e. The minimum atomic E-state index is -4.49. The van der Waals surface area contributed by atoms with Crippen LogP contribution in [0.25, 0.3) is 0 Å². The fraction of sp³-hybridized carbons (Fsp3) is 0.487. The highest BCUT2D eigenvalue weighted by molar-refractivity contribution is 7.91. The van der Waals surface area contributed by atoms with Gasteiger partial charge in [-0.1, -0.05) is 49.3 Å². The number of nitrogens with zero attached hydrogens (tertiary/aromatic N) is 3. The highest BCUT2D eigenvalue weighted by Gasteiger charge is 2.61. The summed E-state index contributed by atoms with van der Waals surface area (Å²) >= 11 is 0. The number of benzene rings is 2. The second-order valence-electron chi connectivity index (χ2n) is 15.6. The Labute approximate surface area is 326 Å². The van der Waals surface area contributed by atoms with Crippen LogP contribution in [0.5, 0.6) is 0 Å². The van der Waals surface area contributed by atoms with Crippen molar-refractivity contribution in [2.45, 2.75) is 108 Å². The molecule has 2 fully saturated rings. The number of nitriles is 1. The van der Waals surface area contributed by atoms with Crippen LogP contribution in [0.3, 0.4) is 0 Å². The molecule has 5 amide bonds. The first-order chi connectivity index (χ1) is 26.6. The summed E-state index contributed by atoms with van der Waals surface area (Å²) in [4.78, 5) is 71.7. The number of alkyl carbamates (subject to hydrolysis) is 1. The van der Waals surface area contributed by atoms with Crippen molar-refractivity contribution < 1.29 is 41.9 Å². The lowest BCUT2D eigenvalue weighted by Gasteiger charge is -2.30. The van der Waals surface area contributed by atoms with Crippen molar-refractivity contribution in [3.63, 3.8) is 0 Å². The van der Waals surface area contributed by atoms with E-state index in [9.17, 15) is 32.4 Å². The van der Waals surface area contributed by atoms with Crippen LogP contribution >= 0.6 is 0 Å². The number of carbonyl (C=O) groups excluding carboxylic acids is 5. The van der Waals surface area contributed by atoms with Gasteiger partial charge in [0.1, 0.15) is 29.3 Å². The zero-order valence-corrected chi connectivity index (χ0v) is 32.4. The standard InChI is InChI=1S/C39H47N7O9S/c1-38(2,3)55-36(50)41-31-14-8-6-4-5-7-13-28-20-39(28,35(49)44-56(52,53)43-29-17-15-25(21-40)16-18-29)42-33(47)32-19-30(24-46(32)34(31)48)54-37(51)45-22-26-11-9-10-12-27(26)23-45/h7,9-13,15-18,28,30-32,43H,4-6,8,14,19-20,22-24H2,1-3H3,(H,41,50)(H,42,47)(H,44,49)/t28-,30-,31+,32+,39-/m1/s1. The van der Waals surface area contributed by atoms with Crippen LogP contribution in [-0.4, -0.2) is 84.0 Å². The Morgan fingerprint density at radius 3 is 2.36 bits per heavy atom. The summed E-state index contributed by atoms with van der Waals surface area (Å²) in [5.41, 5.74) is -0.129. The Bertz CT molecular complexity index is 2020. The molecule has 1 aliphatic carbocycles. The third-order valence-corrected chi connectivity index (χ3v) is 11.2. The normalized spacial score (nSPS) is 25.2. The number of nitrogens with one attached hydrogen (secondary N) is 4. The molecule has 3 heterocycles. The molecule has 0 radical (unpaired) electrons. The predicted molar refractivity (Wildman–Crippen MR) is 202 cm³/mol. The third kappa shape index (κ3) is 9.59. The van der Waals surface area contributed by atoms with E-state index in [0.717, 1.165) is 17.5 Å². The Morgan fingerprint density at radius 2 is 1.70 bits per heavy atom. The zero-order chi connectivity index (χ0) is 40.3. The molecule has 0 aromatic heterocycles. The number of amides is 5. The number of fused-ring (bicyclic) bond motifs is 3. The quantitative estimate of drug-likeness (QED) is 0.311. The van der Waals surface area contributed by atoms with Crippen molar-refractivity contribution in [2.24, 2.45) is 5.92 Å². The van der Waals surface area contributed by atoms with E-state index in [-0.39, 0.29) is 31.5 Å². The van der Waals surface area contributed by atoms with E-state index in [4.69, 9.17) is 14.7 Å². The van der Waals surface area contributed by atoms with Crippen molar-refractivity contribution >= 4 is 45.8 Å². The van der Waals surface area contributed by atoms with E-state index in [2.05, 4.69) is 15.4 Å².